The summed E-state index contributed by atoms with van der Waals surface area (Å²) in [5.74, 6) is 2.33. The molecule has 2 N–H and O–H groups in total. The predicted molar refractivity (Wildman–Crippen MR) is 110 cm³/mol. The van der Waals surface area contributed by atoms with Gasteiger partial charge in [-0.1, -0.05) is 13.0 Å². The van der Waals surface area contributed by atoms with E-state index in [1.165, 1.54) is 0 Å². The number of aromatic nitrogens is 6. The Balaban J connectivity index is 1.45. The Hall–Kier alpha value is -4.01. The van der Waals surface area contributed by atoms with Crippen molar-refractivity contribution in [3.05, 3.63) is 71.9 Å². The number of nitrogens with one attached hydrogen (secondary N) is 2. The average molecular weight is 403 g/mol. The smallest absolute Gasteiger partial charge is 0.255 e. The highest BCUT2D eigenvalue weighted by atomic mass is 16.5. The molecule has 0 saturated carbocycles. The number of nitrogens with zero attached hydrogens (tertiary/aromatic N) is 5. The Kier molecular flexibility index (Phi) is 5.51. The van der Waals surface area contributed by atoms with Gasteiger partial charge in [0.1, 0.15) is 11.6 Å². The van der Waals surface area contributed by atoms with Gasteiger partial charge in [-0.3, -0.25) is 9.89 Å². The number of rotatable bonds is 7. The Morgan fingerprint density at radius 3 is 2.73 bits per heavy atom. The van der Waals surface area contributed by atoms with Gasteiger partial charge < -0.3 is 10.1 Å². The van der Waals surface area contributed by atoms with Gasteiger partial charge in [-0.25, -0.2) is 14.6 Å². The first-order valence-electron chi connectivity index (χ1n) is 9.51. The van der Waals surface area contributed by atoms with Gasteiger partial charge in [0, 0.05) is 11.8 Å². The lowest BCUT2D eigenvalue weighted by molar-refractivity contribution is 0.0949. The number of H-pyrrole nitrogens is 1. The van der Waals surface area contributed by atoms with E-state index in [9.17, 15) is 4.79 Å². The van der Waals surface area contributed by atoms with E-state index in [0.717, 1.165) is 17.0 Å². The molecule has 1 aromatic carbocycles. The molecule has 3 aromatic heterocycles. The molecule has 9 heteroatoms. The zero-order chi connectivity index (χ0) is 20.9. The normalized spacial score (nSPS) is 10.7. The number of hydrogen-bond acceptors (Lipinski definition) is 6. The van der Waals surface area contributed by atoms with Crippen molar-refractivity contribution in [2.75, 3.05) is 7.11 Å². The molecule has 3 heterocycles. The second kappa shape index (κ2) is 8.56. The Bertz CT molecular complexity index is 1130. The van der Waals surface area contributed by atoms with Crippen molar-refractivity contribution in [1.82, 2.24) is 35.3 Å². The molecule has 0 aliphatic carbocycles. The zero-order valence-electron chi connectivity index (χ0n) is 16.7. The molecule has 0 fully saturated rings. The minimum atomic E-state index is -0.226. The van der Waals surface area contributed by atoms with Crippen LogP contribution in [-0.4, -0.2) is 43.0 Å². The minimum absolute atomic E-state index is 0.222. The number of ether oxygens (including phenoxy) is 1. The highest BCUT2D eigenvalue weighted by Gasteiger charge is 2.18. The molecule has 0 aliphatic heterocycles. The summed E-state index contributed by atoms with van der Waals surface area (Å²) >= 11 is 0. The summed E-state index contributed by atoms with van der Waals surface area (Å²) in [6.45, 7) is 2.20. The molecular formula is C21H21N7O2. The van der Waals surface area contributed by atoms with Gasteiger partial charge in [-0.15, -0.1) is 0 Å². The van der Waals surface area contributed by atoms with Gasteiger partial charge in [-0.2, -0.15) is 10.2 Å². The monoisotopic (exact) mass is 403 g/mol. The number of methoxy groups -OCH3 is 1. The summed E-state index contributed by atoms with van der Waals surface area (Å²) in [5.41, 5.74) is 2.16. The zero-order valence-corrected chi connectivity index (χ0v) is 16.7. The quantitative estimate of drug-likeness (QED) is 0.491. The van der Waals surface area contributed by atoms with Crippen LogP contribution in [-0.2, 0) is 13.0 Å². The molecule has 0 spiro atoms. The number of carbonyl (C=O) groups excluding carboxylic acids is 1. The fourth-order valence-corrected chi connectivity index (χ4v) is 3.08. The third-order valence-electron chi connectivity index (χ3n) is 4.61. The molecule has 30 heavy (non-hydrogen) atoms. The fourth-order valence-electron chi connectivity index (χ4n) is 3.08. The van der Waals surface area contributed by atoms with Crippen LogP contribution in [0.3, 0.4) is 0 Å². The largest absolute Gasteiger partial charge is 0.497 e. The number of amides is 1. The van der Waals surface area contributed by atoms with Gasteiger partial charge >= 0.3 is 0 Å². The van der Waals surface area contributed by atoms with E-state index < -0.39 is 0 Å². The van der Waals surface area contributed by atoms with Crippen LogP contribution in [0.4, 0.5) is 0 Å². The van der Waals surface area contributed by atoms with E-state index in [2.05, 4.69) is 30.6 Å². The molecule has 152 valence electrons. The van der Waals surface area contributed by atoms with Crippen LogP contribution in [0.15, 0.2) is 54.9 Å². The summed E-state index contributed by atoms with van der Waals surface area (Å²) < 4.78 is 6.84. The lowest BCUT2D eigenvalue weighted by Crippen LogP contribution is -2.24. The number of benzene rings is 1. The first kappa shape index (κ1) is 19.3. The fraction of sp³-hybridized carbons (Fsp3) is 0.190. The van der Waals surface area contributed by atoms with Gasteiger partial charge in [-0.05, 0) is 42.8 Å². The third-order valence-corrected chi connectivity index (χ3v) is 4.61. The molecule has 0 bridgehead atoms. The molecule has 1 amide bonds. The van der Waals surface area contributed by atoms with Gasteiger partial charge in [0.05, 0.1) is 31.1 Å². The summed E-state index contributed by atoms with van der Waals surface area (Å²) in [6.07, 6.45) is 3.90. The lowest BCUT2D eigenvalue weighted by atomic mass is 10.2. The Morgan fingerprint density at radius 2 is 2.03 bits per heavy atom. The molecule has 0 radical (unpaired) electrons. The van der Waals surface area contributed by atoms with Gasteiger partial charge in [0.15, 0.2) is 11.6 Å². The minimum Gasteiger partial charge on any atom is -0.497 e. The predicted octanol–water partition coefficient (Wildman–Crippen LogP) is 2.55. The van der Waals surface area contributed by atoms with E-state index in [1.807, 2.05) is 49.4 Å². The van der Waals surface area contributed by atoms with Crippen LogP contribution in [0.25, 0.3) is 17.2 Å². The number of carbonyl (C=O) groups is 1. The van der Waals surface area contributed by atoms with E-state index in [4.69, 9.17) is 4.74 Å². The van der Waals surface area contributed by atoms with Gasteiger partial charge in [0.25, 0.3) is 5.91 Å². The molecule has 0 unspecified atom stereocenters. The van der Waals surface area contributed by atoms with Crippen molar-refractivity contribution in [1.29, 1.82) is 0 Å². The standard InChI is InChI=1S/C21H21N7O2/c1-3-17-16(12-24-28(17)19-6-4-5-11-22-19)21(29)23-13-18-25-20(27-26-18)14-7-9-15(30-2)10-8-14/h4-12H,3,13H2,1-2H3,(H,23,29)(H,25,26,27). The maximum absolute atomic E-state index is 12.7. The Morgan fingerprint density at radius 1 is 1.20 bits per heavy atom. The second-order valence-corrected chi connectivity index (χ2v) is 6.48. The molecule has 9 nitrogen and oxygen atoms in total. The summed E-state index contributed by atoms with van der Waals surface area (Å²) in [6, 6.07) is 13.0. The van der Waals surface area contributed by atoms with Crippen molar-refractivity contribution in [3.8, 4) is 23.0 Å². The van der Waals surface area contributed by atoms with E-state index in [-0.39, 0.29) is 12.5 Å². The topological polar surface area (TPSA) is 111 Å². The maximum atomic E-state index is 12.7. The van der Waals surface area contributed by atoms with Crippen molar-refractivity contribution in [2.24, 2.45) is 0 Å². The molecule has 4 rings (SSSR count). The SMILES string of the molecule is CCc1c(C(=O)NCc2nc(-c3ccc(OC)cc3)n[nH]2)cnn1-c1ccccn1. The number of aromatic amines is 1. The van der Waals surface area contributed by atoms with Crippen LogP contribution in [0, 0.1) is 0 Å². The number of hydrogen-bond donors (Lipinski definition) is 2. The van der Waals surface area contributed by atoms with Crippen molar-refractivity contribution >= 4 is 5.91 Å². The molecule has 0 aliphatic rings. The average Bonchev–Trinajstić information content (AvgIpc) is 3.45. The Labute approximate surface area is 173 Å². The summed E-state index contributed by atoms with van der Waals surface area (Å²) in [5, 5.41) is 14.3. The van der Waals surface area contributed by atoms with Crippen LogP contribution >= 0.6 is 0 Å². The second-order valence-electron chi connectivity index (χ2n) is 6.48. The third kappa shape index (κ3) is 3.90. The van der Waals surface area contributed by atoms with Crippen LogP contribution < -0.4 is 10.1 Å². The first-order chi connectivity index (χ1) is 14.7. The first-order valence-corrected chi connectivity index (χ1v) is 9.51. The maximum Gasteiger partial charge on any atom is 0.255 e. The highest BCUT2D eigenvalue weighted by Crippen LogP contribution is 2.19. The highest BCUT2D eigenvalue weighted by molar-refractivity contribution is 5.95. The van der Waals surface area contributed by atoms with E-state index in [1.54, 1.807) is 24.2 Å². The number of pyridine rings is 1. The van der Waals surface area contributed by atoms with Crippen molar-refractivity contribution in [2.45, 2.75) is 19.9 Å². The van der Waals surface area contributed by atoms with Crippen molar-refractivity contribution in [3.63, 3.8) is 0 Å². The lowest BCUT2D eigenvalue weighted by Gasteiger charge is -2.07. The summed E-state index contributed by atoms with van der Waals surface area (Å²) in [7, 11) is 1.62. The van der Waals surface area contributed by atoms with Crippen LogP contribution in [0.2, 0.25) is 0 Å². The molecule has 0 atom stereocenters. The van der Waals surface area contributed by atoms with E-state index >= 15 is 0 Å². The van der Waals surface area contributed by atoms with E-state index in [0.29, 0.717) is 29.5 Å². The van der Waals surface area contributed by atoms with Crippen LogP contribution in [0.5, 0.6) is 5.75 Å². The van der Waals surface area contributed by atoms with Gasteiger partial charge in [0.2, 0.25) is 0 Å². The van der Waals surface area contributed by atoms with Crippen LogP contribution in [0.1, 0.15) is 28.8 Å². The summed E-state index contributed by atoms with van der Waals surface area (Å²) in [4.78, 5) is 21.5. The molecular weight excluding hydrogens is 382 g/mol. The van der Waals surface area contributed by atoms with Crippen molar-refractivity contribution < 1.29 is 9.53 Å². The molecule has 4 aromatic rings. The molecule has 0 saturated heterocycles.